The highest BCUT2D eigenvalue weighted by atomic mass is 16.2. The Labute approximate surface area is 121 Å². The second-order valence-electron chi connectivity index (χ2n) is 5.13. The molecular formula is C17H24N2O. The first kappa shape index (κ1) is 14.6. The van der Waals surface area contributed by atoms with Gasteiger partial charge in [0.25, 0.3) is 0 Å². The van der Waals surface area contributed by atoms with Crippen LogP contribution in [0.5, 0.6) is 0 Å². The maximum absolute atomic E-state index is 11.9. The molecule has 1 aromatic rings. The number of likely N-dealkylation sites (N-methyl/N-ethyl adjacent to an activating group) is 1. The zero-order valence-corrected chi connectivity index (χ0v) is 12.5. The van der Waals surface area contributed by atoms with Crippen molar-refractivity contribution in [1.82, 2.24) is 4.90 Å². The molecule has 0 aliphatic carbocycles. The lowest BCUT2D eigenvalue weighted by Gasteiger charge is -2.17. The number of hydrogen-bond donors (Lipinski definition) is 0. The first-order valence-electron chi connectivity index (χ1n) is 7.56. The van der Waals surface area contributed by atoms with Crippen molar-refractivity contribution < 1.29 is 4.79 Å². The molecule has 3 nitrogen and oxygen atoms in total. The Hall–Kier alpha value is -1.77. The van der Waals surface area contributed by atoms with Crippen LogP contribution in [0.1, 0.15) is 32.3 Å². The number of benzene rings is 1. The topological polar surface area (TPSA) is 23.6 Å². The average molecular weight is 272 g/mol. The molecule has 0 N–H and O–H groups in total. The number of rotatable bonds is 5. The SMILES string of the molecule is CCN(CC)C(=O)/C=C/c1ccc(N2CCCC2)cc1. The minimum atomic E-state index is 0.0821. The number of carbonyl (C=O) groups excluding carboxylic acids is 1. The van der Waals surface area contributed by atoms with Crippen molar-refractivity contribution in [2.75, 3.05) is 31.1 Å². The fourth-order valence-corrected chi connectivity index (χ4v) is 2.58. The molecule has 0 unspecified atom stereocenters. The van der Waals surface area contributed by atoms with Crippen LogP contribution in [0.2, 0.25) is 0 Å². The van der Waals surface area contributed by atoms with E-state index in [9.17, 15) is 4.79 Å². The Morgan fingerprint density at radius 1 is 1.15 bits per heavy atom. The van der Waals surface area contributed by atoms with Crippen LogP contribution in [0.25, 0.3) is 6.08 Å². The van der Waals surface area contributed by atoms with Crippen molar-refractivity contribution in [2.45, 2.75) is 26.7 Å². The van der Waals surface area contributed by atoms with Gasteiger partial charge in [0.05, 0.1) is 0 Å². The molecule has 1 fully saturated rings. The fraction of sp³-hybridized carbons (Fsp3) is 0.471. The van der Waals surface area contributed by atoms with E-state index in [0.717, 1.165) is 31.7 Å². The van der Waals surface area contributed by atoms with Gasteiger partial charge in [0, 0.05) is 37.9 Å². The van der Waals surface area contributed by atoms with Crippen LogP contribution < -0.4 is 4.90 Å². The quantitative estimate of drug-likeness (QED) is 0.769. The lowest BCUT2D eigenvalue weighted by molar-refractivity contribution is -0.125. The van der Waals surface area contributed by atoms with Crippen LogP contribution in [0.15, 0.2) is 30.3 Å². The van der Waals surface area contributed by atoms with Crippen LogP contribution in [0.3, 0.4) is 0 Å². The number of hydrogen-bond acceptors (Lipinski definition) is 2. The van der Waals surface area contributed by atoms with Crippen LogP contribution in [0, 0.1) is 0 Å². The normalized spacial score (nSPS) is 15.0. The third-order valence-corrected chi connectivity index (χ3v) is 3.86. The van der Waals surface area contributed by atoms with Gasteiger partial charge in [0.15, 0.2) is 0 Å². The van der Waals surface area contributed by atoms with E-state index in [-0.39, 0.29) is 5.91 Å². The van der Waals surface area contributed by atoms with Crippen molar-refractivity contribution in [1.29, 1.82) is 0 Å². The third-order valence-electron chi connectivity index (χ3n) is 3.86. The van der Waals surface area contributed by atoms with Crippen molar-refractivity contribution in [3.05, 3.63) is 35.9 Å². The lowest BCUT2D eigenvalue weighted by Crippen LogP contribution is -2.28. The summed E-state index contributed by atoms with van der Waals surface area (Å²) < 4.78 is 0. The summed E-state index contributed by atoms with van der Waals surface area (Å²) in [5, 5.41) is 0. The number of amides is 1. The van der Waals surface area contributed by atoms with Crippen molar-refractivity contribution >= 4 is 17.7 Å². The average Bonchev–Trinajstić information content (AvgIpc) is 3.01. The van der Waals surface area contributed by atoms with E-state index in [1.54, 1.807) is 6.08 Å². The van der Waals surface area contributed by atoms with Gasteiger partial charge in [-0.25, -0.2) is 0 Å². The minimum Gasteiger partial charge on any atom is -0.372 e. The Bertz CT molecular complexity index is 454. The summed E-state index contributed by atoms with van der Waals surface area (Å²) in [6, 6.07) is 8.46. The van der Waals surface area contributed by atoms with Crippen LogP contribution in [-0.2, 0) is 4.79 Å². The summed E-state index contributed by atoms with van der Waals surface area (Å²) >= 11 is 0. The molecule has 1 saturated heterocycles. The van der Waals surface area contributed by atoms with Crippen molar-refractivity contribution in [2.24, 2.45) is 0 Å². The second-order valence-corrected chi connectivity index (χ2v) is 5.13. The Balaban J connectivity index is 1.97. The molecule has 0 aromatic heterocycles. The second kappa shape index (κ2) is 7.13. The molecule has 1 amide bonds. The molecule has 0 atom stereocenters. The highest BCUT2D eigenvalue weighted by Crippen LogP contribution is 2.20. The van der Waals surface area contributed by atoms with Gasteiger partial charge >= 0.3 is 0 Å². The zero-order chi connectivity index (χ0) is 14.4. The molecule has 1 aliphatic heterocycles. The van der Waals surface area contributed by atoms with Gasteiger partial charge in [-0.3, -0.25) is 4.79 Å². The molecule has 1 aliphatic rings. The first-order valence-corrected chi connectivity index (χ1v) is 7.56. The highest BCUT2D eigenvalue weighted by Gasteiger charge is 2.11. The molecule has 2 rings (SSSR count). The van der Waals surface area contributed by atoms with E-state index in [0.29, 0.717) is 0 Å². The summed E-state index contributed by atoms with van der Waals surface area (Å²) in [5.74, 6) is 0.0821. The van der Waals surface area contributed by atoms with Gasteiger partial charge in [-0.15, -0.1) is 0 Å². The smallest absolute Gasteiger partial charge is 0.246 e. The summed E-state index contributed by atoms with van der Waals surface area (Å²) in [5.41, 5.74) is 2.36. The standard InChI is InChI=1S/C17H24N2O/c1-3-18(4-2)17(20)12-9-15-7-10-16(11-8-15)19-13-5-6-14-19/h7-12H,3-6,13-14H2,1-2H3/b12-9+. The molecule has 0 bridgehead atoms. The van der Waals surface area contributed by atoms with Gasteiger partial charge in [0.2, 0.25) is 5.91 Å². The fourth-order valence-electron chi connectivity index (χ4n) is 2.58. The predicted octanol–water partition coefficient (Wildman–Crippen LogP) is 3.17. The number of carbonyl (C=O) groups is 1. The molecule has 0 radical (unpaired) electrons. The minimum absolute atomic E-state index is 0.0821. The summed E-state index contributed by atoms with van der Waals surface area (Å²) in [4.78, 5) is 16.1. The van der Waals surface area contributed by atoms with E-state index in [1.165, 1.54) is 18.5 Å². The van der Waals surface area contributed by atoms with E-state index in [1.807, 2.05) is 24.8 Å². The molecular weight excluding hydrogens is 248 g/mol. The molecule has 3 heteroatoms. The van der Waals surface area contributed by atoms with Gasteiger partial charge in [-0.2, -0.15) is 0 Å². The summed E-state index contributed by atoms with van der Waals surface area (Å²) in [6.07, 6.45) is 6.15. The largest absolute Gasteiger partial charge is 0.372 e. The van der Waals surface area contributed by atoms with Gasteiger partial charge in [0.1, 0.15) is 0 Å². The van der Waals surface area contributed by atoms with Gasteiger partial charge in [-0.05, 0) is 50.5 Å². The molecule has 108 valence electrons. The van der Waals surface area contributed by atoms with E-state index >= 15 is 0 Å². The number of anilines is 1. The van der Waals surface area contributed by atoms with Crippen LogP contribution in [-0.4, -0.2) is 37.0 Å². The Morgan fingerprint density at radius 2 is 1.75 bits per heavy atom. The maximum atomic E-state index is 11.9. The van der Waals surface area contributed by atoms with E-state index in [4.69, 9.17) is 0 Å². The summed E-state index contributed by atoms with van der Waals surface area (Å²) in [7, 11) is 0. The van der Waals surface area contributed by atoms with Crippen molar-refractivity contribution in [3.8, 4) is 0 Å². The first-order chi connectivity index (χ1) is 9.74. The molecule has 1 heterocycles. The molecule has 20 heavy (non-hydrogen) atoms. The van der Waals surface area contributed by atoms with Crippen LogP contribution >= 0.6 is 0 Å². The Morgan fingerprint density at radius 3 is 2.30 bits per heavy atom. The third kappa shape index (κ3) is 3.62. The Kier molecular flexibility index (Phi) is 5.22. The monoisotopic (exact) mass is 272 g/mol. The van der Waals surface area contributed by atoms with E-state index < -0.39 is 0 Å². The van der Waals surface area contributed by atoms with Gasteiger partial charge < -0.3 is 9.80 Å². The number of nitrogens with zero attached hydrogens (tertiary/aromatic N) is 2. The van der Waals surface area contributed by atoms with Gasteiger partial charge in [-0.1, -0.05) is 12.1 Å². The molecule has 0 saturated carbocycles. The zero-order valence-electron chi connectivity index (χ0n) is 12.5. The maximum Gasteiger partial charge on any atom is 0.246 e. The summed E-state index contributed by atoms with van der Waals surface area (Å²) in [6.45, 7) is 7.84. The van der Waals surface area contributed by atoms with Crippen molar-refractivity contribution in [3.63, 3.8) is 0 Å². The highest BCUT2D eigenvalue weighted by molar-refractivity contribution is 5.91. The van der Waals surface area contributed by atoms with Crippen LogP contribution in [0.4, 0.5) is 5.69 Å². The molecule has 1 aromatic carbocycles. The van der Waals surface area contributed by atoms with E-state index in [2.05, 4.69) is 29.2 Å². The molecule has 0 spiro atoms. The lowest BCUT2D eigenvalue weighted by atomic mass is 10.2. The predicted molar refractivity (Wildman–Crippen MR) is 84.9 cm³/mol.